The van der Waals surface area contributed by atoms with Crippen LogP contribution in [0.1, 0.15) is 34.8 Å². The standard InChI is InChI=1S/C20H24N2O3/c1-3-25-18-11-6-15(7-12-18)8-13-19(23)22-14-16-4-9-17(10-5-16)20(24)21-2/h4-7,9-12H,3,8,13-14H2,1-2H3,(H,21,24)(H,22,23). The van der Waals surface area contributed by atoms with E-state index in [1.807, 2.05) is 43.3 Å². The van der Waals surface area contributed by atoms with E-state index in [1.165, 1.54) is 0 Å². The zero-order valence-electron chi connectivity index (χ0n) is 14.7. The summed E-state index contributed by atoms with van der Waals surface area (Å²) in [6.07, 6.45) is 1.12. The molecule has 0 aliphatic carbocycles. The molecule has 5 nitrogen and oxygen atoms in total. The summed E-state index contributed by atoms with van der Waals surface area (Å²) < 4.78 is 5.40. The maximum absolute atomic E-state index is 12.0. The minimum absolute atomic E-state index is 0.00395. The molecule has 0 unspecified atom stereocenters. The quantitative estimate of drug-likeness (QED) is 0.776. The first kappa shape index (κ1) is 18.5. The molecule has 0 fully saturated rings. The molecule has 2 N–H and O–H groups in total. The van der Waals surface area contributed by atoms with Gasteiger partial charge in [-0.3, -0.25) is 9.59 Å². The van der Waals surface area contributed by atoms with Gasteiger partial charge >= 0.3 is 0 Å². The van der Waals surface area contributed by atoms with Crippen molar-refractivity contribution in [2.45, 2.75) is 26.3 Å². The van der Waals surface area contributed by atoms with Crippen LogP contribution in [0, 0.1) is 0 Å². The van der Waals surface area contributed by atoms with Crippen molar-refractivity contribution in [1.29, 1.82) is 0 Å². The lowest BCUT2D eigenvalue weighted by Gasteiger charge is -2.07. The van der Waals surface area contributed by atoms with Crippen LogP contribution in [0.4, 0.5) is 0 Å². The number of hydrogen-bond donors (Lipinski definition) is 2. The molecule has 0 bridgehead atoms. The number of rotatable bonds is 8. The molecular formula is C20H24N2O3. The van der Waals surface area contributed by atoms with Crippen LogP contribution in [0.3, 0.4) is 0 Å². The van der Waals surface area contributed by atoms with Crippen molar-refractivity contribution in [3.8, 4) is 5.75 Å². The largest absolute Gasteiger partial charge is 0.494 e. The molecule has 25 heavy (non-hydrogen) atoms. The molecule has 0 aliphatic heterocycles. The van der Waals surface area contributed by atoms with Crippen molar-refractivity contribution < 1.29 is 14.3 Å². The Labute approximate surface area is 148 Å². The summed E-state index contributed by atoms with van der Waals surface area (Å²) in [5, 5.41) is 5.48. The van der Waals surface area contributed by atoms with Crippen LogP contribution >= 0.6 is 0 Å². The van der Waals surface area contributed by atoms with Gasteiger partial charge in [-0.25, -0.2) is 0 Å². The Hall–Kier alpha value is -2.82. The van der Waals surface area contributed by atoms with E-state index in [4.69, 9.17) is 4.74 Å². The summed E-state index contributed by atoms with van der Waals surface area (Å²) in [5.74, 6) is 0.728. The highest BCUT2D eigenvalue weighted by Gasteiger charge is 2.05. The zero-order valence-corrected chi connectivity index (χ0v) is 14.7. The van der Waals surface area contributed by atoms with Gasteiger partial charge < -0.3 is 15.4 Å². The topological polar surface area (TPSA) is 67.4 Å². The molecule has 0 spiro atoms. The number of aryl methyl sites for hydroxylation is 1. The second-order valence-electron chi connectivity index (χ2n) is 5.63. The second kappa shape index (κ2) is 9.47. The van der Waals surface area contributed by atoms with Gasteiger partial charge in [0.05, 0.1) is 6.61 Å². The van der Waals surface area contributed by atoms with E-state index in [1.54, 1.807) is 19.2 Å². The molecule has 0 heterocycles. The first-order chi connectivity index (χ1) is 12.1. The van der Waals surface area contributed by atoms with Crippen LogP contribution in [0.2, 0.25) is 0 Å². The van der Waals surface area contributed by atoms with Gasteiger partial charge in [0.2, 0.25) is 5.91 Å². The summed E-state index contributed by atoms with van der Waals surface area (Å²) in [7, 11) is 1.60. The Morgan fingerprint density at radius 1 is 0.960 bits per heavy atom. The minimum Gasteiger partial charge on any atom is -0.494 e. The molecule has 2 aromatic rings. The van der Waals surface area contributed by atoms with E-state index in [2.05, 4.69) is 10.6 Å². The van der Waals surface area contributed by atoms with E-state index in [9.17, 15) is 9.59 Å². The van der Waals surface area contributed by atoms with E-state index in [0.717, 1.165) is 16.9 Å². The highest BCUT2D eigenvalue weighted by atomic mass is 16.5. The first-order valence-corrected chi connectivity index (χ1v) is 8.42. The summed E-state index contributed by atoms with van der Waals surface area (Å²) in [5.41, 5.74) is 2.67. The van der Waals surface area contributed by atoms with Gasteiger partial charge in [-0.1, -0.05) is 24.3 Å². The van der Waals surface area contributed by atoms with Crippen molar-refractivity contribution in [2.24, 2.45) is 0 Å². The third-order valence-corrected chi connectivity index (χ3v) is 3.81. The van der Waals surface area contributed by atoms with E-state index in [-0.39, 0.29) is 11.8 Å². The summed E-state index contributed by atoms with van der Waals surface area (Å²) in [6.45, 7) is 3.05. The second-order valence-corrected chi connectivity index (χ2v) is 5.63. The van der Waals surface area contributed by atoms with Crippen molar-refractivity contribution in [3.05, 3.63) is 65.2 Å². The van der Waals surface area contributed by atoms with Gasteiger partial charge in [-0.05, 0) is 48.7 Å². The minimum atomic E-state index is -0.119. The van der Waals surface area contributed by atoms with Crippen LogP contribution in [0.5, 0.6) is 5.75 Å². The average Bonchev–Trinajstić information content (AvgIpc) is 2.66. The fourth-order valence-electron chi connectivity index (χ4n) is 2.38. The third-order valence-electron chi connectivity index (χ3n) is 3.81. The molecule has 0 saturated heterocycles. The monoisotopic (exact) mass is 340 g/mol. The van der Waals surface area contributed by atoms with Crippen molar-refractivity contribution in [1.82, 2.24) is 10.6 Å². The predicted molar refractivity (Wildman–Crippen MR) is 97.6 cm³/mol. The van der Waals surface area contributed by atoms with E-state index >= 15 is 0 Å². The lowest BCUT2D eigenvalue weighted by Crippen LogP contribution is -2.23. The molecule has 0 aromatic heterocycles. The number of amides is 2. The van der Waals surface area contributed by atoms with Crippen LogP contribution in [0.25, 0.3) is 0 Å². The van der Waals surface area contributed by atoms with Crippen LogP contribution in [-0.2, 0) is 17.8 Å². The Balaban J connectivity index is 1.75. The normalized spacial score (nSPS) is 10.2. The molecule has 0 radical (unpaired) electrons. The highest BCUT2D eigenvalue weighted by Crippen LogP contribution is 2.13. The Morgan fingerprint density at radius 2 is 1.60 bits per heavy atom. The van der Waals surface area contributed by atoms with E-state index in [0.29, 0.717) is 31.6 Å². The highest BCUT2D eigenvalue weighted by molar-refractivity contribution is 5.93. The molecule has 0 atom stereocenters. The smallest absolute Gasteiger partial charge is 0.251 e. The lowest BCUT2D eigenvalue weighted by molar-refractivity contribution is -0.121. The average molecular weight is 340 g/mol. The van der Waals surface area contributed by atoms with Gasteiger partial charge in [0.1, 0.15) is 5.75 Å². The first-order valence-electron chi connectivity index (χ1n) is 8.42. The fraction of sp³-hybridized carbons (Fsp3) is 0.300. The van der Waals surface area contributed by atoms with Crippen molar-refractivity contribution >= 4 is 11.8 Å². The third kappa shape index (κ3) is 5.95. The maximum atomic E-state index is 12.0. The summed E-state index contributed by atoms with van der Waals surface area (Å²) in [6, 6.07) is 15.0. The van der Waals surface area contributed by atoms with E-state index < -0.39 is 0 Å². The Bertz CT molecular complexity index is 694. The number of hydrogen-bond acceptors (Lipinski definition) is 3. The van der Waals surface area contributed by atoms with Gasteiger partial charge in [0.15, 0.2) is 0 Å². The maximum Gasteiger partial charge on any atom is 0.251 e. The lowest BCUT2D eigenvalue weighted by atomic mass is 10.1. The molecule has 0 aliphatic rings. The number of nitrogens with one attached hydrogen (secondary N) is 2. The zero-order chi connectivity index (χ0) is 18.1. The van der Waals surface area contributed by atoms with Crippen LogP contribution in [-0.4, -0.2) is 25.5 Å². The molecule has 0 saturated carbocycles. The molecule has 132 valence electrons. The molecular weight excluding hydrogens is 316 g/mol. The number of carbonyl (C=O) groups is 2. The van der Waals surface area contributed by atoms with Crippen LogP contribution < -0.4 is 15.4 Å². The molecule has 2 amide bonds. The van der Waals surface area contributed by atoms with Crippen LogP contribution in [0.15, 0.2) is 48.5 Å². The van der Waals surface area contributed by atoms with Crippen molar-refractivity contribution in [2.75, 3.05) is 13.7 Å². The van der Waals surface area contributed by atoms with Gasteiger partial charge in [-0.15, -0.1) is 0 Å². The Kier molecular flexibility index (Phi) is 7.01. The Morgan fingerprint density at radius 3 is 2.20 bits per heavy atom. The number of ether oxygens (including phenoxy) is 1. The molecule has 2 aromatic carbocycles. The summed E-state index contributed by atoms with van der Waals surface area (Å²) >= 11 is 0. The SMILES string of the molecule is CCOc1ccc(CCC(=O)NCc2ccc(C(=O)NC)cc2)cc1. The van der Waals surface area contributed by atoms with Gasteiger partial charge in [-0.2, -0.15) is 0 Å². The predicted octanol–water partition coefficient (Wildman–Crippen LogP) is 2.69. The molecule has 2 rings (SSSR count). The number of benzene rings is 2. The fourth-order valence-corrected chi connectivity index (χ4v) is 2.38. The van der Waals surface area contributed by atoms with Gasteiger partial charge in [0.25, 0.3) is 5.91 Å². The number of carbonyl (C=O) groups excluding carboxylic acids is 2. The summed E-state index contributed by atoms with van der Waals surface area (Å²) in [4.78, 5) is 23.5. The van der Waals surface area contributed by atoms with Crippen molar-refractivity contribution in [3.63, 3.8) is 0 Å². The van der Waals surface area contributed by atoms with Gasteiger partial charge in [0, 0.05) is 25.6 Å². The molecule has 5 heteroatoms.